The van der Waals surface area contributed by atoms with Crippen molar-refractivity contribution in [3.8, 4) is 0 Å². The summed E-state index contributed by atoms with van der Waals surface area (Å²) in [4.78, 5) is 9.21. The minimum absolute atomic E-state index is 0. The predicted molar refractivity (Wildman–Crippen MR) is 18.3 cm³/mol. The number of rotatable bonds is 1. The molecule has 39 valence electrons. The molecule has 0 aromatic rings. The van der Waals surface area contributed by atoms with E-state index in [0.717, 1.165) is 0 Å². The van der Waals surface area contributed by atoms with E-state index in [-0.39, 0.29) is 37.7 Å². The van der Waals surface area contributed by atoms with Crippen LogP contribution >= 0.6 is 0 Å². The van der Waals surface area contributed by atoms with Gasteiger partial charge in [-0.25, -0.2) is 0 Å². The fraction of sp³-hybridized carbons (Fsp3) is 0. The molecule has 0 aliphatic rings. The SMILES string of the molecule is [CaH2].[O]=[Mo][O]C(=O)O. The number of carbonyl (C=O) groups is 1. The average molecular weight is 215 g/mol. The van der Waals surface area contributed by atoms with Crippen molar-refractivity contribution in [2.75, 3.05) is 0 Å². The van der Waals surface area contributed by atoms with E-state index in [9.17, 15) is 8.19 Å². The molecule has 6 heteroatoms. The van der Waals surface area contributed by atoms with Gasteiger partial charge in [0.05, 0.1) is 0 Å². The van der Waals surface area contributed by atoms with Crippen molar-refractivity contribution in [2.24, 2.45) is 0 Å². The van der Waals surface area contributed by atoms with E-state index in [2.05, 4.69) is 3.39 Å². The fourth-order valence-electron chi connectivity index (χ4n) is 0.0291. The first-order valence-electron chi connectivity index (χ1n) is 0.965. The van der Waals surface area contributed by atoms with Gasteiger partial charge < -0.3 is 0 Å². The van der Waals surface area contributed by atoms with Gasteiger partial charge in [0.2, 0.25) is 0 Å². The monoisotopic (exact) mass is 217 g/mol. The average Bonchev–Trinajstić information content (AvgIpc) is 1.35. The molecular weight excluding hydrogens is 212 g/mol. The Morgan fingerprint density at radius 1 is 1.71 bits per heavy atom. The van der Waals surface area contributed by atoms with Gasteiger partial charge in [0.25, 0.3) is 0 Å². The Balaban J connectivity index is 0. The Bertz CT molecular complexity index is 72.1. The standard InChI is InChI=1S/CH2O3.Ca.Mo.O.2H/c2-1(3)4;;;;;/h(H2,2,3,4);;;;;/q;;+1;;;/p-1. The van der Waals surface area contributed by atoms with Crippen molar-refractivity contribution in [2.45, 2.75) is 0 Å². The molecule has 0 radical (unpaired) electrons. The van der Waals surface area contributed by atoms with Gasteiger partial charge >= 0.3 is 79.5 Å². The van der Waals surface area contributed by atoms with Crippen molar-refractivity contribution in [3.05, 3.63) is 0 Å². The van der Waals surface area contributed by atoms with Crippen LogP contribution in [0, 0.1) is 0 Å². The van der Waals surface area contributed by atoms with Crippen LogP contribution in [0.2, 0.25) is 0 Å². The van der Waals surface area contributed by atoms with Crippen molar-refractivity contribution in [1.82, 2.24) is 0 Å². The zero-order valence-electron chi connectivity index (χ0n) is 2.58. The molecule has 0 spiro atoms. The van der Waals surface area contributed by atoms with Crippen molar-refractivity contribution >= 4 is 43.9 Å². The van der Waals surface area contributed by atoms with Crippen molar-refractivity contribution < 1.29 is 35.6 Å². The summed E-state index contributed by atoms with van der Waals surface area (Å²) in [5.74, 6) is 0. The second-order valence-corrected chi connectivity index (χ2v) is 1.16. The molecule has 0 aromatic carbocycles. The summed E-state index contributed by atoms with van der Waals surface area (Å²) >= 11 is -1.92. The Morgan fingerprint density at radius 2 is 2.14 bits per heavy atom. The Kier molecular flexibility index (Phi) is 10.9. The van der Waals surface area contributed by atoms with Gasteiger partial charge in [-0.2, -0.15) is 0 Å². The van der Waals surface area contributed by atoms with E-state index in [1.54, 1.807) is 0 Å². The first kappa shape index (κ1) is 10.9. The zero-order chi connectivity index (χ0) is 4.99. The summed E-state index contributed by atoms with van der Waals surface area (Å²) in [6.45, 7) is 0. The summed E-state index contributed by atoms with van der Waals surface area (Å²) in [5.41, 5.74) is 0. The molecule has 0 fully saturated rings. The van der Waals surface area contributed by atoms with Crippen LogP contribution < -0.4 is 0 Å². The molecule has 0 aliphatic carbocycles. The number of hydrogen-bond acceptors (Lipinski definition) is 3. The molecule has 0 amide bonds. The zero-order valence-corrected chi connectivity index (χ0v) is 4.59. The molecule has 0 heterocycles. The summed E-state index contributed by atoms with van der Waals surface area (Å²) in [6, 6.07) is 0. The van der Waals surface area contributed by atoms with Gasteiger partial charge in [0.1, 0.15) is 0 Å². The van der Waals surface area contributed by atoms with Crippen molar-refractivity contribution in [3.63, 3.8) is 0 Å². The Labute approximate surface area is 78.5 Å². The summed E-state index contributed by atoms with van der Waals surface area (Å²) < 4.78 is 12.8. The molecule has 0 rings (SSSR count). The summed E-state index contributed by atoms with van der Waals surface area (Å²) in [5, 5.41) is 7.52. The number of hydrogen-bond donors (Lipinski definition) is 1. The van der Waals surface area contributed by atoms with Gasteiger partial charge in [0.15, 0.2) is 0 Å². The molecule has 0 atom stereocenters. The van der Waals surface area contributed by atoms with Gasteiger partial charge in [-0.15, -0.1) is 0 Å². The first-order chi connectivity index (χ1) is 2.77. The number of carboxylic acid groups (broad SMARTS) is 1. The molecule has 0 saturated heterocycles. The minimum atomic E-state index is -1.92. The molecule has 7 heavy (non-hydrogen) atoms. The molecule has 0 unspecified atom stereocenters. The van der Waals surface area contributed by atoms with Gasteiger partial charge in [-0.1, -0.05) is 0 Å². The van der Waals surface area contributed by atoms with Gasteiger partial charge in [-0.3, -0.25) is 0 Å². The van der Waals surface area contributed by atoms with Crippen LogP contribution in [0.5, 0.6) is 0 Å². The van der Waals surface area contributed by atoms with Crippen LogP contribution in [-0.4, -0.2) is 49.0 Å². The molecule has 1 N–H and O–H groups in total. The Morgan fingerprint density at radius 3 is 2.14 bits per heavy atom. The maximum atomic E-state index is 9.27. The van der Waals surface area contributed by atoms with Gasteiger partial charge in [-0.05, 0) is 0 Å². The molecule has 0 aromatic heterocycles. The second-order valence-electron chi connectivity index (χ2n) is 0.417. The van der Waals surface area contributed by atoms with E-state index in [0.29, 0.717) is 0 Å². The Hall–Kier alpha value is 1.02. The van der Waals surface area contributed by atoms with Crippen LogP contribution in [0.15, 0.2) is 0 Å². The molecule has 0 aliphatic heterocycles. The summed E-state index contributed by atoms with van der Waals surface area (Å²) in [7, 11) is 0. The normalized spacial score (nSPS) is 5.71. The fourth-order valence-corrected chi connectivity index (χ4v) is 0.172. The molecule has 0 saturated carbocycles. The second kappa shape index (κ2) is 7.02. The van der Waals surface area contributed by atoms with E-state index < -0.39 is 25.1 Å². The van der Waals surface area contributed by atoms with Crippen molar-refractivity contribution in [1.29, 1.82) is 0 Å². The van der Waals surface area contributed by atoms with Crippen LogP contribution in [-0.2, 0) is 25.7 Å². The topological polar surface area (TPSA) is 63.6 Å². The quantitative estimate of drug-likeness (QED) is 0.576. The van der Waals surface area contributed by atoms with Gasteiger partial charge in [0, 0.05) is 0 Å². The van der Waals surface area contributed by atoms with Crippen LogP contribution in [0.1, 0.15) is 0 Å². The van der Waals surface area contributed by atoms with E-state index in [1.165, 1.54) is 0 Å². The van der Waals surface area contributed by atoms with Crippen LogP contribution in [0.25, 0.3) is 0 Å². The van der Waals surface area contributed by atoms with Crippen LogP contribution in [0.3, 0.4) is 0 Å². The van der Waals surface area contributed by atoms with E-state index in [1.807, 2.05) is 0 Å². The molecule has 0 bridgehead atoms. The van der Waals surface area contributed by atoms with E-state index in [4.69, 9.17) is 5.11 Å². The predicted octanol–water partition coefficient (Wildman–Crippen LogP) is -0.892. The van der Waals surface area contributed by atoms with E-state index >= 15 is 0 Å². The molecular formula is CH3CaMoO4. The third kappa shape index (κ3) is 10.9. The first-order valence-corrected chi connectivity index (χ1v) is 2.60. The third-order valence-corrected chi connectivity index (χ3v) is 0.623. The third-order valence-electron chi connectivity index (χ3n) is 0.105. The molecule has 4 nitrogen and oxygen atoms in total. The summed E-state index contributed by atoms with van der Waals surface area (Å²) in [6.07, 6.45) is -1.47. The maximum absolute atomic E-state index is 9.27. The van der Waals surface area contributed by atoms with Crippen LogP contribution in [0.4, 0.5) is 4.79 Å².